The maximum atomic E-state index is 13.8. The fourth-order valence-corrected chi connectivity index (χ4v) is 3.27. The SMILES string of the molecule is CN(C)CC1CN(C(=O)Cc2ccccc2F)Cc2ccnn2C1. The Kier molecular flexibility index (Phi) is 4.94. The number of nitrogens with zero attached hydrogens (tertiary/aromatic N) is 4. The molecule has 0 radical (unpaired) electrons. The minimum atomic E-state index is -0.324. The molecule has 0 fully saturated rings. The zero-order valence-electron chi connectivity index (χ0n) is 14.2. The summed E-state index contributed by atoms with van der Waals surface area (Å²) in [4.78, 5) is 16.7. The van der Waals surface area contributed by atoms with Crippen LogP contribution in [0.1, 0.15) is 11.3 Å². The number of halogens is 1. The van der Waals surface area contributed by atoms with Crippen molar-refractivity contribution in [3.05, 3.63) is 53.6 Å². The first-order valence-electron chi connectivity index (χ1n) is 8.19. The Hall–Kier alpha value is -2.21. The van der Waals surface area contributed by atoms with Gasteiger partial charge in [0.05, 0.1) is 18.7 Å². The summed E-state index contributed by atoms with van der Waals surface area (Å²) in [5.41, 5.74) is 1.47. The molecule has 5 nitrogen and oxygen atoms in total. The third-order valence-corrected chi connectivity index (χ3v) is 4.34. The Morgan fingerprint density at radius 2 is 2.08 bits per heavy atom. The van der Waals surface area contributed by atoms with E-state index >= 15 is 0 Å². The molecule has 128 valence electrons. The number of carbonyl (C=O) groups is 1. The summed E-state index contributed by atoms with van der Waals surface area (Å²) in [5.74, 6) is -0.0696. The van der Waals surface area contributed by atoms with Gasteiger partial charge in [0.2, 0.25) is 5.91 Å². The summed E-state index contributed by atoms with van der Waals surface area (Å²) in [7, 11) is 4.06. The van der Waals surface area contributed by atoms with Gasteiger partial charge in [0.15, 0.2) is 0 Å². The monoisotopic (exact) mass is 330 g/mol. The van der Waals surface area contributed by atoms with Gasteiger partial charge >= 0.3 is 0 Å². The van der Waals surface area contributed by atoms with Crippen LogP contribution in [0.2, 0.25) is 0 Å². The molecule has 1 amide bonds. The first-order valence-corrected chi connectivity index (χ1v) is 8.19. The third-order valence-electron chi connectivity index (χ3n) is 4.34. The average molecular weight is 330 g/mol. The summed E-state index contributed by atoms with van der Waals surface area (Å²) in [6.45, 7) is 2.86. The lowest BCUT2D eigenvalue weighted by Gasteiger charge is -2.26. The minimum absolute atomic E-state index is 0.0430. The van der Waals surface area contributed by atoms with E-state index in [0.29, 0.717) is 24.6 Å². The highest BCUT2D eigenvalue weighted by Crippen LogP contribution is 2.18. The van der Waals surface area contributed by atoms with Gasteiger partial charge in [-0.1, -0.05) is 18.2 Å². The number of benzene rings is 1. The normalized spacial score (nSPS) is 17.7. The molecule has 6 heteroatoms. The Morgan fingerprint density at radius 1 is 1.29 bits per heavy atom. The van der Waals surface area contributed by atoms with Crippen molar-refractivity contribution in [2.75, 3.05) is 27.2 Å². The van der Waals surface area contributed by atoms with Crippen molar-refractivity contribution < 1.29 is 9.18 Å². The van der Waals surface area contributed by atoms with Crippen molar-refractivity contribution in [3.8, 4) is 0 Å². The molecule has 0 bridgehead atoms. The summed E-state index contributed by atoms with van der Waals surface area (Å²) in [6.07, 6.45) is 1.86. The number of amides is 1. The second-order valence-corrected chi connectivity index (χ2v) is 6.68. The highest BCUT2D eigenvalue weighted by Gasteiger charge is 2.26. The molecule has 2 heterocycles. The molecule has 2 aromatic rings. The van der Waals surface area contributed by atoms with E-state index in [-0.39, 0.29) is 18.1 Å². The van der Waals surface area contributed by atoms with Gasteiger partial charge in [-0.05, 0) is 31.8 Å². The molecule has 1 atom stereocenters. The van der Waals surface area contributed by atoms with Crippen molar-refractivity contribution in [1.29, 1.82) is 0 Å². The number of carbonyl (C=O) groups excluding carboxylic acids is 1. The van der Waals surface area contributed by atoms with Crippen LogP contribution in [0.4, 0.5) is 4.39 Å². The summed E-state index contributed by atoms with van der Waals surface area (Å²) >= 11 is 0. The molecular weight excluding hydrogens is 307 g/mol. The predicted octanol–water partition coefficient (Wildman–Crippen LogP) is 1.78. The fraction of sp³-hybridized carbons (Fsp3) is 0.444. The molecule has 0 N–H and O–H groups in total. The predicted molar refractivity (Wildman–Crippen MR) is 89.8 cm³/mol. The summed E-state index contributed by atoms with van der Waals surface area (Å²) in [6, 6.07) is 8.42. The van der Waals surface area contributed by atoms with Crippen molar-refractivity contribution in [2.45, 2.75) is 19.5 Å². The van der Waals surface area contributed by atoms with Crippen LogP contribution in [0, 0.1) is 11.7 Å². The number of hydrogen-bond donors (Lipinski definition) is 0. The lowest BCUT2D eigenvalue weighted by molar-refractivity contribution is -0.131. The van der Waals surface area contributed by atoms with Gasteiger partial charge in [-0.25, -0.2) is 4.39 Å². The second-order valence-electron chi connectivity index (χ2n) is 6.68. The Morgan fingerprint density at radius 3 is 2.83 bits per heavy atom. The van der Waals surface area contributed by atoms with Gasteiger partial charge in [-0.2, -0.15) is 5.10 Å². The van der Waals surface area contributed by atoms with Crippen LogP contribution in [0.15, 0.2) is 36.5 Å². The van der Waals surface area contributed by atoms with E-state index in [4.69, 9.17) is 0 Å². The Bertz CT molecular complexity index is 713. The van der Waals surface area contributed by atoms with E-state index in [1.54, 1.807) is 24.4 Å². The third kappa shape index (κ3) is 3.82. The van der Waals surface area contributed by atoms with Crippen LogP contribution in [0.25, 0.3) is 0 Å². The molecule has 1 aromatic heterocycles. The van der Waals surface area contributed by atoms with Gasteiger partial charge in [0.1, 0.15) is 5.82 Å². The summed E-state index contributed by atoms with van der Waals surface area (Å²) < 4.78 is 15.8. The van der Waals surface area contributed by atoms with Crippen LogP contribution >= 0.6 is 0 Å². The molecular formula is C18H23FN4O. The van der Waals surface area contributed by atoms with Gasteiger partial charge in [0.25, 0.3) is 0 Å². The zero-order valence-corrected chi connectivity index (χ0v) is 14.2. The van der Waals surface area contributed by atoms with E-state index in [1.807, 2.05) is 29.7 Å². The van der Waals surface area contributed by atoms with Gasteiger partial charge in [0, 0.05) is 31.7 Å². The molecule has 3 rings (SSSR count). The van der Waals surface area contributed by atoms with Crippen LogP contribution in [0.5, 0.6) is 0 Å². The molecule has 0 saturated heterocycles. The van der Waals surface area contributed by atoms with E-state index in [9.17, 15) is 9.18 Å². The highest BCUT2D eigenvalue weighted by molar-refractivity contribution is 5.78. The maximum absolute atomic E-state index is 13.8. The van der Waals surface area contributed by atoms with Crippen molar-refractivity contribution in [3.63, 3.8) is 0 Å². The van der Waals surface area contributed by atoms with Crippen molar-refractivity contribution >= 4 is 5.91 Å². The number of rotatable bonds is 4. The van der Waals surface area contributed by atoms with Crippen LogP contribution in [-0.2, 0) is 24.3 Å². The second kappa shape index (κ2) is 7.13. The first kappa shape index (κ1) is 16.6. The lowest BCUT2D eigenvalue weighted by atomic mass is 10.1. The van der Waals surface area contributed by atoms with Gasteiger partial charge in [-0.3, -0.25) is 9.48 Å². The van der Waals surface area contributed by atoms with Gasteiger partial charge in [-0.15, -0.1) is 0 Å². The molecule has 0 saturated carbocycles. The van der Waals surface area contributed by atoms with Crippen molar-refractivity contribution in [2.24, 2.45) is 5.92 Å². The van der Waals surface area contributed by atoms with Crippen LogP contribution in [-0.4, -0.2) is 52.7 Å². The number of aromatic nitrogens is 2. The van der Waals surface area contributed by atoms with Crippen molar-refractivity contribution in [1.82, 2.24) is 19.6 Å². The molecule has 1 unspecified atom stereocenters. The van der Waals surface area contributed by atoms with E-state index in [2.05, 4.69) is 10.00 Å². The average Bonchev–Trinajstić information content (AvgIpc) is 2.88. The maximum Gasteiger partial charge on any atom is 0.227 e. The number of fused-ring (bicyclic) bond motifs is 1. The molecule has 0 spiro atoms. The quantitative estimate of drug-likeness (QED) is 0.858. The largest absolute Gasteiger partial charge is 0.336 e. The summed E-state index contributed by atoms with van der Waals surface area (Å²) in [5, 5.41) is 4.37. The zero-order chi connectivity index (χ0) is 17.1. The van der Waals surface area contributed by atoms with E-state index in [1.165, 1.54) is 6.07 Å². The molecule has 1 aliphatic heterocycles. The van der Waals surface area contributed by atoms with Crippen LogP contribution in [0.3, 0.4) is 0 Å². The molecule has 24 heavy (non-hydrogen) atoms. The Labute approximate surface area is 141 Å². The fourth-order valence-electron chi connectivity index (χ4n) is 3.27. The topological polar surface area (TPSA) is 41.4 Å². The molecule has 1 aliphatic rings. The van der Waals surface area contributed by atoms with E-state index < -0.39 is 0 Å². The molecule has 1 aromatic carbocycles. The van der Waals surface area contributed by atoms with E-state index in [0.717, 1.165) is 18.8 Å². The molecule has 0 aliphatic carbocycles. The lowest BCUT2D eigenvalue weighted by Crippen LogP contribution is -2.38. The first-order chi connectivity index (χ1) is 11.5. The minimum Gasteiger partial charge on any atom is -0.336 e. The highest BCUT2D eigenvalue weighted by atomic mass is 19.1. The smallest absolute Gasteiger partial charge is 0.227 e. The van der Waals surface area contributed by atoms with Gasteiger partial charge < -0.3 is 9.80 Å². The Balaban J connectivity index is 1.78. The standard InChI is InChI=1S/C18H23FN4O/c1-21(2)10-14-11-22(13-16-7-8-20-23(16)12-14)18(24)9-15-5-3-4-6-17(15)19/h3-8,14H,9-13H2,1-2H3. The number of hydrogen-bond acceptors (Lipinski definition) is 3. The van der Waals surface area contributed by atoms with Crippen LogP contribution < -0.4 is 0 Å².